The molecule has 0 aliphatic carbocycles. The van der Waals surface area contributed by atoms with E-state index in [1.54, 1.807) is 12.7 Å². The van der Waals surface area contributed by atoms with Crippen molar-refractivity contribution in [3.8, 4) is 0 Å². The van der Waals surface area contributed by atoms with E-state index in [0.29, 0.717) is 13.2 Å². The lowest BCUT2D eigenvalue weighted by Crippen LogP contribution is -2.48. The van der Waals surface area contributed by atoms with Crippen molar-refractivity contribution in [2.75, 3.05) is 26.3 Å². The summed E-state index contributed by atoms with van der Waals surface area (Å²) < 4.78 is 13.4. The van der Waals surface area contributed by atoms with Crippen molar-refractivity contribution < 1.29 is 14.3 Å². The third kappa shape index (κ3) is 4.13. The van der Waals surface area contributed by atoms with Gasteiger partial charge in [-0.1, -0.05) is 13.8 Å². The molecule has 2 aliphatic rings. The van der Waals surface area contributed by atoms with E-state index >= 15 is 0 Å². The van der Waals surface area contributed by atoms with Crippen LogP contribution in [0.5, 0.6) is 0 Å². The highest BCUT2D eigenvalue weighted by Gasteiger charge is 2.33. The first-order valence-electron chi connectivity index (χ1n) is 9.01. The van der Waals surface area contributed by atoms with E-state index < -0.39 is 6.10 Å². The topological polar surface area (TPSA) is 69.5 Å². The van der Waals surface area contributed by atoms with Gasteiger partial charge >= 0.3 is 0 Å². The fourth-order valence-electron chi connectivity index (χ4n) is 3.49. The molecular formula is C17H28N4O3. The normalized spacial score (nSPS) is 26.0. The average molecular weight is 336 g/mol. The van der Waals surface area contributed by atoms with E-state index in [-0.39, 0.29) is 24.0 Å². The minimum absolute atomic E-state index is 0.0906. The predicted octanol–water partition coefficient (Wildman–Crippen LogP) is 1.66. The number of aromatic nitrogens is 3. The third-order valence-electron chi connectivity index (χ3n) is 4.85. The lowest BCUT2D eigenvalue weighted by Gasteiger charge is -2.35. The summed E-state index contributed by atoms with van der Waals surface area (Å²) in [6.45, 7) is 6.86. The highest BCUT2D eigenvalue weighted by molar-refractivity contribution is 5.81. The van der Waals surface area contributed by atoms with Gasteiger partial charge in [0.05, 0.1) is 18.8 Å². The molecule has 0 bridgehead atoms. The van der Waals surface area contributed by atoms with Gasteiger partial charge in [0.1, 0.15) is 18.8 Å². The average Bonchev–Trinajstić information content (AvgIpc) is 3.28. The van der Waals surface area contributed by atoms with Crippen molar-refractivity contribution >= 4 is 5.91 Å². The molecule has 3 unspecified atom stereocenters. The lowest BCUT2D eigenvalue weighted by atomic mass is 10.0. The fourth-order valence-corrected chi connectivity index (χ4v) is 3.49. The van der Waals surface area contributed by atoms with E-state index in [1.165, 1.54) is 0 Å². The van der Waals surface area contributed by atoms with Gasteiger partial charge in [0.2, 0.25) is 0 Å². The number of ether oxygens (including phenoxy) is 2. The molecule has 3 rings (SSSR count). The van der Waals surface area contributed by atoms with Crippen LogP contribution in [0.15, 0.2) is 12.7 Å². The van der Waals surface area contributed by atoms with Gasteiger partial charge in [0.25, 0.3) is 5.91 Å². The zero-order valence-electron chi connectivity index (χ0n) is 14.6. The summed E-state index contributed by atoms with van der Waals surface area (Å²) >= 11 is 0. The number of rotatable bonds is 6. The molecule has 0 N–H and O–H groups in total. The minimum atomic E-state index is -0.399. The number of likely N-dealkylation sites (tertiary alicyclic amines) is 1. The van der Waals surface area contributed by atoms with Crippen molar-refractivity contribution in [1.82, 2.24) is 19.7 Å². The Hall–Kier alpha value is -1.47. The number of hydrogen-bond acceptors (Lipinski definition) is 5. The van der Waals surface area contributed by atoms with Gasteiger partial charge in [-0.15, -0.1) is 0 Å². The SMILES string of the molecule is CC(C)C(OCC1CCCO1)C(=O)N1CCCC(n2cncn2)C1. The molecule has 0 radical (unpaired) electrons. The second-order valence-electron chi connectivity index (χ2n) is 7.09. The van der Waals surface area contributed by atoms with Crippen LogP contribution in [0.4, 0.5) is 0 Å². The largest absolute Gasteiger partial charge is 0.376 e. The second kappa shape index (κ2) is 8.07. The zero-order chi connectivity index (χ0) is 16.9. The Balaban J connectivity index is 1.58. The Bertz CT molecular complexity index is 514. The first-order valence-corrected chi connectivity index (χ1v) is 9.01. The molecule has 3 atom stereocenters. The summed E-state index contributed by atoms with van der Waals surface area (Å²) in [7, 11) is 0. The van der Waals surface area contributed by atoms with Gasteiger partial charge in [-0.25, -0.2) is 9.67 Å². The molecule has 0 spiro atoms. The predicted molar refractivity (Wildman–Crippen MR) is 88.4 cm³/mol. The molecule has 0 saturated carbocycles. The molecule has 1 aromatic rings. The van der Waals surface area contributed by atoms with Crippen LogP contribution in [-0.4, -0.2) is 64.1 Å². The van der Waals surface area contributed by atoms with Crippen LogP contribution in [0.1, 0.15) is 45.6 Å². The second-order valence-corrected chi connectivity index (χ2v) is 7.09. The van der Waals surface area contributed by atoms with E-state index in [9.17, 15) is 4.79 Å². The third-order valence-corrected chi connectivity index (χ3v) is 4.85. The zero-order valence-corrected chi connectivity index (χ0v) is 14.6. The molecule has 7 heteroatoms. The fraction of sp³-hybridized carbons (Fsp3) is 0.824. The van der Waals surface area contributed by atoms with Gasteiger partial charge < -0.3 is 14.4 Å². The smallest absolute Gasteiger partial charge is 0.252 e. The standard InChI is InChI=1S/C17H28N4O3/c1-13(2)16(24-10-15-6-4-8-23-15)17(22)20-7-3-5-14(9-20)21-12-18-11-19-21/h11-16H,3-10H2,1-2H3. The summed E-state index contributed by atoms with van der Waals surface area (Å²) in [6, 6.07) is 0.205. The molecule has 2 aliphatic heterocycles. The van der Waals surface area contributed by atoms with Gasteiger partial charge in [-0.05, 0) is 31.6 Å². The Morgan fingerprint density at radius 3 is 2.92 bits per heavy atom. The van der Waals surface area contributed by atoms with Crippen LogP contribution >= 0.6 is 0 Å². The van der Waals surface area contributed by atoms with Crippen LogP contribution in [0, 0.1) is 5.92 Å². The molecule has 2 saturated heterocycles. The van der Waals surface area contributed by atoms with E-state index in [0.717, 1.165) is 38.8 Å². The molecule has 3 heterocycles. The van der Waals surface area contributed by atoms with E-state index in [4.69, 9.17) is 9.47 Å². The number of nitrogens with zero attached hydrogens (tertiary/aromatic N) is 4. The monoisotopic (exact) mass is 336 g/mol. The van der Waals surface area contributed by atoms with Crippen molar-refractivity contribution in [1.29, 1.82) is 0 Å². The number of amides is 1. The molecular weight excluding hydrogens is 308 g/mol. The maximum absolute atomic E-state index is 13.0. The Morgan fingerprint density at radius 2 is 2.25 bits per heavy atom. The Kier molecular flexibility index (Phi) is 5.84. The van der Waals surface area contributed by atoms with Crippen LogP contribution in [0.2, 0.25) is 0 Å². The van der Waals surface area contributed by atoms with Crippen LogP contribution in [-0.2, 0) is 14.3 Å². The molecule has 1 amide bonds. The molecule has 24 heavy (non-hydrogen) atoms. The van der Waals surface area contributed by atoms with Crippen LogP contribution in [0.3, 0.4) is 0 Å². The molecule has 1 aromatic heterocycles. The first-order chi connectivity index (χ1) is 11.6. The minimum Gasteiger partial charge on any atom is -0.376 e. The summed E-state index contributed by atoms with van der Waals surface area (Å²) in [6.07, 6.45) is 7.13. The summed E-state index contributed by atoms with van der Waals surface area (Å²) in [4.78, 5) is 18.9. The van der Waals surface area contributed by atoms with E-state index in [1.807, 2.05) is 23.4 Å². The number of hydrogen-bond donors (Lipinski definition) is 0. The summed E-state index contributed by atoms with van der Waals surface area (Å²) in [5.74, 6) is 0.235. The number of carbonyl (C=O) groups is 1. The van der Waals surface area contributed by atoms with Gasteiger partial charge in [-0.2, -0.15) is 5.10 Å². The van der Waals surface area contributed by atoms with Crippen molar-refractivity contribution in [3.05, 3.63) is 12.7 Å². The van der Waals surface area contributed by atoms with Crippen LogP contribution in [0.25, 0.3) is 0 Å². The molecule has 2 fully saturated rings. The van der Waals surface area contributed by atoms with Crippen molar-refractivity contribution in [3.63, 3.8) is 0 Å². The molecule has 134 valence electrons. The summed E-state index contributed by atoms with van der Waals surface area (Å²) in [5.41, 5.74) is 0. The van der Waals surface area contributed by atoms with Crippen LogP contribution < -0.4 is 0 Å². The van der Waals surface area contributed by atoms with Crippen molar-refractivity contribution in [2.45, 2.75) is 57.8 Å². The van der Waals surface area contributed by atoms with Gasteiger partial charge in [-0.3, -0.25) is 4.79 Å². The highest BCUT2D eigenvalue weighted by atomic mass is 16.5. The van der Waals surface area contributed by atoms with Crippen molar-refractivity contribution in [2.24, 2.45) is 5.92 Å². The Labute approximate surface area is 143 Å². The highest BCUT2D eigenvalue weighted by Crippen LogP contribution is 2.23. The quantitative estimate of drug-likeness (QED) is 0.790. The molecule has 7 nitrogen and oxygen atoms in total. The molecule has 0 aromatic carbocycles. The number of carbonyl (C=O) groups excluding carboxylic acids is 1. The summed E-state index contributed by atoms with van der Waals surface area (Å²) in [5, 5.41) is 4.22. The van der Waals surface area contributed by atoms with Gasteiger partial charge in [0.15, 0.2) is 0 Å². The first kappa shape index (κ1) is 17.4. The Morgan fingerprint density at radius 1 is 1.38 bits per heavy atom. The van der Waals surface area contributed by atoms with Gasteiger partial charge in [0, 0.05) is 19.7 Å². The van der Waals surface area contributed by atoms with E-state index in [2.05, 4.69) is 10.1 Å². The maximum Gasteiger partial charge on any atom is 0.252 e. The maximum atomic E-state index is 13.0. The lowest BCUT2D eigenvalue weighted by molar-refractivity contribution is -0.151. The number of piperidine rings is 1.